The van der Waals surface area contributed by atoms with Crippen molar-refractivity contribution < 1.29 is 13.9 Å². The van der Waals surface area contributed by atoms with Gasteiger partial charge in [-0.3, -0.25) is 19.8 Å². The van der Waals surface area contributed by atoms with Crippen LogP contribution in [-0.2, 0) is 22.5 Å². The van der Waals surface area contributed by atoms with Gasteiger partial charge in [-0.25, -0.2) is 9.37 Å². The number of H-pyrrole nitrogens is 1. The molecule has 0 radical (unpaired) electrons. The summed E-state index contributed by atoms with van der Waals surface area (Å²) in [6, 6.07) is 6.92. The van der Waals surface area contributed by atoms with Gasteiger partial charge in [0.25, 0.3) is 0 Å². The first kappa shape index (κ1) is 24.1. The molecule has 1 saturated heterocycles. The van der Waals surface area contributed by atoms with Crippen LogP contribution in [0.4, 0.5) is 16.0 Å². The number of aromatic amines is 1. The van der Waals surface area contributed by atoms with Crippen molar-refractivity contribution >= 4 is 29.2 Å². The average molecular weight is 487 g/mol. The number of nitrogens with zero attached hydrogens (tertiary/aromatic N) is 4. The van der Waals surface area contributed by atoms with E-state index in [1.54, 1.807) is 30.6 Å². The number of rotatable bonds is 7. The molecule has 2 atom stereocenters. The zero-order chi connectivity index (χ0) is 24.3. The Labute approximate surface area is 202 Å². The van der Waals surface area contributed by atoms with Crippen molar-refractivity contribution in [3.63, 3.8) is 0 Å². The zero-order valence-corrected chi connectivity index (χ0v) is 20.2. The largest absolute Gasteiger partial charge is 0.469 e. The summed E-state index contributed by atoms with van der Waals surface area (Å²) in [7, 11) is 1.41. The molecule has 4 rings (SSSR count). The van der Waals surface area contributed by atoms with E-state index in [0.717, 1.165) is 5.69 Å². The minimum atomic E-state index is -0.742. The number of likely N-dealkylation sites (tertiary alicyclic amines) is 1. The number of piperidine rings is 1. The van der Waals surface area contributed by atoms with E-state index in [1.165, 1.54) is 7.11 Å². The van der Waals surface area contributed by atoms with E-state index >= 15 is 0 Å². The number of aromatic nitrogens is 4. The maximum absolute atomic E-state index is 14.4. The summed E-state index contributed by atoms with van der Waals surface area (Å²) in [4.78, 5) is 24.1. The highest BCUT2D eigenvalue weighted by molar-refractivity contribution is 6.30. The number of ether oxygens (including phenoxy) is 1. The number of hydrogen-bond donors (Lipinski definition) is 2. The number of halogens is 2. The summed E-state index contributed by atoms with van der Waals surface area (Å²) in [5.74, 6) is 0.525. The van der Waals surface area contributed by atoms with Crippen LogP contribution in [0.2, 0.25) is 5.02 Å². The Morgan fingerprint density at radius 3 is 2.91 bits per heavy atom. The van der Waals surface area contributed by atoms with Gasteiger partial charge in [0.2, 0.25) is 0 Å². The zero-order valence-electron chi connectivity index (χ0n) is 19.4. The van der Waals surface area contributed by atoms with Gasteiger partial charge < -0.3 is 10.1 Å². The molecule has 0 bridgehead atoms. The van der Waals surface area contributed by atoms with E-state index in [9.17, 15) is 9.18 Å². The molecule has 2 N–H and O–H groups in total. The predicted octanol–water partition coefficient (Wildman–Crippen LogP) is 4.43. The van der Waals surface area contributed by atoms with Crippen LogP contribution in [0.5, 0.6) is 0 Å². The maximum atomic E-state index is 14.4. The van der Waals surface area contributed by atoms with E-state index in [2.05, 4.69) is 30.4 Å². The number of aryl methyl sites for hydroxylation is 1. The van der Waals surface area contributed by atoms with E-state index < -0.39 is 11.2 Å². The third-order valence-electron chi connectivity index (χ3n) is 6.38. The monoisotopic (exact) mass is 486 g/mol. The van der Waals surface area contributed by atoms with Crippen LogP contribution in [0.25, 0.3) is 0 Å². The molecule has 1 fully saturated rings. The van der Waals surface area contributed by atoms with Crippen molar-refractivity contribution in [2.75, 3.05) is 19.0 Å². The summed E-state index contributed by atoms with van der Waals surface area (Å²) in [6.45, 7) is 4.99. The Morgan fingerprint density at radius 1 is 1.38 bits per heavy atom. The average Bonchev–Trinajstić information content (AvgIpc) is 3.22. The SMILES string of the molecule is COC(=O)[C@@]1(Cc2cncc(Nc3cc(C)[nH]n3)n2)CCN(Cc2cccc(Cl)c2F)[C@@H](C)C1. The van der Waals surface area contributed by atoms with Gasteiger partial charge in [-0.2, -0.15) is 5.10 Å². The lowest BCUT2D eigenvalue weighted by Gasteiger charge is -2.44. The summed E-state index contributed by atoms with van der Waals surface area (Å²) >= 11 is 5.95. The number of carbonyl (C=O) groups is 1. The Bertz CT molecular complexity index is 1170. The standard InChI is InChI=1S/C24H28ClFN6O2/c1-15-9-20(31-30-15)29-21-13-27-12-18(28-21)11-24(23(33)34-3)7-8-32(16(2)10-24)14-17-5-4-6-19(25)22(17)26/h4-6,9,12-13,16H,7-8,10-11,14H2,1-3H3,(H2,28,29,30,31)/t16-,24-/m0/s1. The highest BCUT2D eigenvalue weighted by Gasteiger charge is 2.45. The van der Waals surface area contributed by atoms with E-state index in [0.29, 0.717) is 55.2 Å². The van der Waals surface area contributed by atoms with Crippen LogP contribution >= 0.6 is 11.6 Å². The smallest absolute Gasteiger partial charge is 0.312 e. The molecule has 0 aliphatic carbocycles. The molecule has 3 heterocycles. The first-order valence-electron chi connectivity index (χ1n) is 11.1. The molecule has 0 spiro atoms. The van der Waals surface area contributed by atoms with Crippen molar-refractivity contribution in [3.05, 3.63) is 64.5 Å². The number of nitrogens with one attached hydrogen (secondary N) is 2. The molecule has 0 unspecified atom stereocenters. The number of anilines is 2. The predicted molar refractivity (Wildman–Crippen MR) is 127 cm³/mol. The van der Waals surface area contributed by atoms with Gasteiger partial charge in [0, 0.05) is 42.5 Å². The number of carbonyl (C=O) groups excluding carboxylic acids is 1. The normalized spacial score (nSPS) is 20.8. The van der Waals surface area contributed by atoms with Gasteiger partial charge in [0.15, 0.2) is 5.82 Å². The van der Waals surface area contributed by atoms with Crippen LogP contribution in [0.3, 0.4) is 0 Å². The van der Waals surface area contributed by atoms with Crippen molar-refractivity contribution in [1.82, 2.24) is 25.1 Å². The first-order chi connectivity index (χ1) is 16.3. The van der Waals surface area contributed by atoms with Crippen LogP contribution in [0.15, 0.2) is 36.7 Å². The molecule has 1 aliphatic heterocycles. The third-order valence-corrected chi connectivity index (χ3v) is 6.67. The molecule has 2 aromatic heterocycles. The third kappa shape index (κ3) is 5.20. The summed E-state index contributed by atoms with van der Waals surface area (Å²) in [5.41, 5.74) is 1.41. The molecule has 1 aromatic carbocycles. The van der Waals surface area contributed by atoms with Crippen LogP contribution in [-0.4, -0.2) is 50.7 Å². The van der Waals surface area contributed by atoms with E-state index in [1.807, 2.05) is 19.9 Å². The minimum absolute atomic E-state index is 0.0209. The van der Waals surface area contributed by atoms with E-state index in [4.69, 9.17) is 16.3 Å². The maximum Gasteiger partial charge on any atom is 0.312 e. The quantitative estimate of drug-likeness (QED) is 0.477. The second-order valence-corrected chi connectivity index (χ2v) is 9.30. The van der Waals surface area contributed by atoms with Crippen molar-refractivity contribution in [2.45, 2.75) is 45.7 Å². The van der Waals surface area contributed by atoms with Gasteiger partial charge in [-0.05, 0) is 39.3 Å². The lowest BCUT2D eigenvalue weighted by atomic mass is 9.72. The molecule has 1 aliphatic rings. The van der Waals surface area contributed by atoms with Gasteiger partial charge >= 0.3 is 5.97 Å². The molecule has 0 saturated carbocycles. The summed E-state index contributed by atoms with van der Waals surface area (Å²) < 4.78 is 19.7. The molecule has 3 aromatic rings. The fourth-order valence-electron chi connectivity index (χ4n) is 4.65. The Morgan fingerprint density at radius 2 is 2.21 bits per heavy atom. The molecular formula is C24H28ClFN6O2. The van der Waals surface area contributed by atoms with Gasteiger partial charge in [-0.1, -0.05) is 23.7 Å². The first-order valence-corrected chi connectivity index (χ1v) is 11.5. The fraction of sp³-hybridized carbons (Fsp3) is 0.417. The van der Waals surface area contributed by atoms with Crippen LogP contribution in [0, 0.1) is 18.2 Å². The number of benzene rings is 1. The highest BCUT2D eigenvalue weighted by atomic mass is 35.5. The lowest BCUT2D eigenvalue weighted by Crippen LogP contribution is -2.50. The molecule has 0 amide bonds. The topological polar surface area (TPSA) is 96.0 Å². The Kier molecular flexibility index (Phi) is 7.13. The summed E-state index contributed by atoms with van der Waals surface area (Å²) in [5, 5.41) is 10.3. The van der Waals surface area contributed by atoms with Crippen molar-refractivity contribution in [2.24, 2.45) is 5.41 Å². The number of hydrogen-bond acceptors (Lipinski definition) is 7. The molecular weight excluding hydrogens is 459 g/mol. The van der Waals surface area contributed by atoms with Crippen molar-refractivity contribution in [1.29, 1.82) is 0 Å². The highest BCUT2D eigenvalue weighted by Crippen LogP contribution is 2.40. The minimum Gasteiger partial charge on any atom is -0.469 e. The van der Waals surface area contributed by atoms with Gasteiger partial charge in [0.1, 0.15) is 11.6 Å². The second-order valence-electron chi connectivity index (χ2n) is 8.89. The number of methoxy groups -OCH3 is 1. The lowest BCUT2D eigenvalue weighted by molar-refractivity contribution is -0.157. The number of esters is 1. The molecule has 180 valence electrons. The van der Waals surface area contributed by atoms with Crippen molar-refractivity contribution in [3.8, 4) is 0 Å². The molecule has 10 heteroatoms. The Hall–Kier alpha value is -3.04. The summed E-state index contributed by atoms with van der Waals surface area (Å²) in [6.07, 6.45) is 4.79. The van der Waals surface area contributed by atoms with Gasteiger partial charge in [-0.15, -0.1) is 0 Å². The van der Waals surface area contributed by atoms with Crippen LogP contribution < -0.4 is 5.32 Å². The second kappa shape index (κ2) is 10.1. The van der Waals surface area contributed by atoms with Gasteiger partial charge in [0.05, 0.1) is 29.4 Å². The fourth-order valence-corrected chi connectivity index (χ4v) is 4.84. The van der Waals surface area contributed by atoms with E-state index in [-0.39, 0.29) is 17.0 Å². The molecule has 8 nitrogen and oxygen atoms in total. The van der Waals surface area contributed by atoms with Crippen LogP contribution in [0.1, 0.15) is 36.7 Å². The Balaban J connectivity index is 1.50. The molecule has 34 heavy (non-hydrogen) atoms.